The van der Waals surface area contributed by atoms with Gasteiger partial charge in [0.2, 0.25) is 0 Å². The molecule has 0 spiro atoms. The van der Waals surface area contributed by atoms with E-state index in [4.69, 9.17) is 0 Å². The Morgan fingerprint density at radius 3 is 2.29 bits per heavy atom. The van der Waals surface area contributed by atoms with Crippen LogP contribution in [0.3, 0.4) is 0 Å². The quantitative estimate of drug-likeness (QED) is 0.838. The van der Waals surface area contributed by atoms with Gasteiger partial charge < -0.3 is 5.32 Å². The Morgan fingerprint density at radius 1 is 0.952 bits per heavy atom. The number of alkyl halides is 3. The number of nitrogens with one attached hydrogen (secondary N) is 1. The SMILES string of the molecule is FC(F)(F)c1ccccc1-c1ccc(C2CCCN2)cc1. The summed E-state index contributed by atoms with van der Waals surface area (Å²) < 4.78 is 39.1. The minimum absolute atomic E-state index is 0.232. The van der Waals surface area contributed by atoms with E-state index < -0.39 is 11.7 Å². The molecule has 4 heteroatoms. The molecular weight excluding hydrogens is 275 g/mol. The molecule has 3 rings (SSSR count). The molecule has 1 atom stereocenters. The van der Waals surface area contributed by atoms with E-state index in [1.54, 1.807) is 18.2 Å². The first-order valence-electron chi connectivity index (χ1n) is 7.05. The molecule has 1 heterocycles. The summed E-state index contributed by atoms with van der Waals surface area (Å²) in [4.78, 5) is 0. The van der Waals surface area contributed by atoms with Crippen molar-refractivity contribution in [3.05, 3.63) is 59.7 Å². The van der Waals surface area contributed by atoms with E-state index in [0.717, 1.165) is 31.0 Å². The molecule has 0 radical (unpaired) electrons. The highest BCUT2D eigenvalue weighted by Gasteiger charge is 2.33. The van der Waals surface area contributed by atoms with Gasteiger partial charge in [-0.1, -0.05) is 42.5 Å². The zero-order valence-electron chi connectivity index (χ0n) is 11.5. The molecule has 1 nitrogen and oxygen atoms in total. The van der Waals surface area contributed by atoms with Crippen LogP contribution in [-0.2, 0) is 6.18 Å². The molecule has 1 fully saturated rings. The summed E-state index contributed by atoms with van der Waals surface area (Å²) in [5.74, 6) is 0. The van der Waals surface area contributed by atoms with Crippen LogP contribution in [0.1, 0.15) is 30.0 Å². The van der Waals surface area contributed by atoms with Gasteiger partial charge in [-0.15, -0.1) is 0 Å². The van der Waals surface area contributed by atoms with E-state index in [-0.39, 0.29) is 5.56 Å². The number of hydrogen-bond acceptors (Lipinski definition) is 1. The number of rotatable bonds is 2. The molecule has 1 unspecified atom stereocenters. The fourth-order valence-electron chi connectivity index (χ4n) is 2.85. The summed E-state index contributed by atoms with van der Waals surface area (Å²) in [5, 5.41) is 3.39. The lowest BCUT2D eigenvalue weighted by Gasteiger charge is -2.14. The largest absolute Gasteiger partial charge is 0.417 e. The average molecular weight is 291 g/mol. The van der Waals surface area contributed by atoms with Crippen molar-refractivity contribution in [1.82, 2.24) is 5.32 Å². The minimum Gasteiger partial charge on any atom is -0.310 e. The molecule has 2 aromatic carbocycles. The molecule has 21 heavy (non-hydrogen) atoms. The predicted molar refractivity (Wildman–Crippen MR) is 76.9 cm³/mol. The highest BCUT2D eigenvalue weighted by molar-refractivity contribution is 5.68. The number of benzene rings is 2. The van der Waals surface area contributed by atoms with Gasteiger partial charge in [0.1, 0.15) is 0 Å². The number of halogens is 3. The molecular formula is C17H16F3N. The average Bonchev–Trinajstić information content (AvgIpc) is 3.01. The van der Waals surface area contributed by atoms with Gasteiger partial charge in [-0.05, 0) is 42.1 Å². The Morgan fingerprint density at radius 2 is 1.67 bits per heavy atom. The first kappa shape index (κ1) is 14.1. The summed E-state index contributed by atoms with van der Waals surface area (Å²) in [6.07, 6.45) is -2.11. The lowest BCUT2D eigenvalue weighted by atomic mass is 9.96. The van der Waals surface area contributed by atoms with Gasteiger partial charge in [-0.2, -0.15) is 13.2 Å². The lowest BCUT2D eigenvalue weighted by molar-refractivity contribution is -0.137. The molecule has 0 saturated carbocycles. The van der Waals surface area contributed by atoms with Crippen LogP contribution < -0.4 is 5.32 Å². The van der Waals surface area contributed by atoms with Crippen molar-refractivity contribution in [2.75, 3.05) is 6.54 Å². The van der Waals surface area contributed by atoms with Crippen LogP contribution in [0.4, 0.5) is 13.2 Å². The Kier molecular flexibility index (Phi) is 3.72. The summed E-state index contributed by atoms with van der Waals surface area (Å²) in [6.45, 7) is 1.00. The lowest BCUT2D eigenvalue weighted by Crippen LogP contribution is -2.12. The van der Waals surface area contributed by atoms with Gasteiger partial charge in [0.15, 0.2) is 0 Å². The fourth-order valence-corrected chi connectivity index (χ4v) is 2.85. The monoisotopic (exact) mass is 291 g/mol. The second kappa shape index (κ2) is 5.53. The molecule has 0 aromatic heterocycles. The third-order valence-electron chi connectivity index (χ3n) is 3.92. The second-order valence-corrected chi connectivity index (χ2v) is 5.31. The molecule has 2 aromatic rings. The summed E-state index contributed by atoms with van der Waals surface area (Å²) in [7, 11) is 0. The van der Waals surface area contributed by atoms with Crippen molar-refractivity contribution in [3.63, 3.8) is 0 Å². The Labute approximate surface area is 121 Å². The molecule has 0 amide bonds. The van der Waals surface area contributed by atoms with Gasteiger partial charge in [0, 0.05) is 6.04 Å². The first-order valence-corrected chi connectivity index (χ1v) is 7.05. The molecule has 1 aliphatic heterocycles. The fraction of sp³-hybridized carbons (Fsp3) is 0.294. The van der Waals surface area contributed by atoms with Crippen LogP contribution in [0.2, 0.25) is 0 Å². The smallest absolute Gasteiger partial charge is 0.310 e. The van der Waals surface area contributed by atoms with Crippen molar-refractivity contribution in [1.29, 1.82) is 0 Å². The second-order valence-electron chi connectivity index (χ2n) is 5.31. The van der Waals surface area contributed by atoms with Crippen LogP contribution >= 0.6 is 0 Å². The molecule has 0 bridgehead atoms. The van der Waals surface area contributed by atoms with Crippen LogP contribution in [0.15, 0.2) is 48.5 Å². The summed E-state index contributed by atoms with van der Waals surface area (Å²) in [5.41, 5.74) is 1.39. The van der Waals surface area contributed by atoms with Gasteiger partial charge in [0.05, 0.1) is 5.56 Å². The highest BCUT2D eigenvalue weighted by Crippen LogP contribution is 2.37. The van der Waals surface area contributed by atoms with Crippen LogP contribution in [-0.4, -0.2) is 6.54 Å². The van der Waals surface area contributed by atoms with Gasteiger partial charge in [-0.3, -0.25) is 0 Å². The van der Waals surface area contributed by atoms with Crippen LogP contribution in [0, 0.1) is 0 Å². The van der Waals surface area contributed by atoms with E-state index in [1.165, 1.54) is 12.1 Å². The topological polar surface area (TPSA) is 12.0 Å². The molecule has 1 N–H and O–H groups in total. The molecule has 110 valence electrons. The van der Waals surface area contributed by atoms with E-state index in [9.17, 15) is 13.2 Å². The zero-order chi connectivity index (χ0) is 14.9. The van der Waals surface area contributed by atoms with E-state index in [0.29, 0.717) is 11.6 Å². The normalized spacial score (nSPS) is 18.9. The van der Waals surface area contributed by atoms with Crippen molar-refractivity contribution in [2.24, 2.45) is 0 Å². The van der Waals surface area contributed by atoms with E-state index in [1.807, 2.05) is 12.1 Å². The standard InChI is InChI=1S/C17H16F3N/c18-17(19,20)15-5-2-1-4-14(15)12-7-9-13(10-8-12)16-6-3-11-21-16/h1-2,4-5,7-10,16,21H,3,6,11H2. The highest BCUT2D eigenvalue weighted by atomic mass is 19.4. The van der Waals surface area contributed by atoms with Gasteiger partial charge in [0.25, 0.3) is 0 Å². The molecule has 1 aliphatic rings. The minimum atomic E-state index is -4.33. The Bertz CT molecular complexity index is 611. The predicted octanol–water partition coefficient (Wildman–Crippen LogP) is 4.80. The maximum absolute atomic E-state index is 13.0. The summed E-state index contributed by atoms with van der Waals surface area (Å²) >= 11 is 0. The molecule has 0 aliphatic carbocycles. The Balaban J connectivity index is 1.94. The Hall–Kier alpha value is -1.81. The van der Waals surface area contributed by atoms with E-state index >= 15 is 0 Å². The third-order valence-corrected chi connectivity index (χ3v) is 3.92. The maximum atomic E-state index is 13.0. The summed E-state index contributed by atoms with van der Waals surface area (Å²) in [6, 6.07) is 13.4. The van der Waals surface area contributed by atoms with Crippen LogP contribution in [0.25, 0.3) is 11.1 Å². The third kappa shape index (κ3) is 2.95. The van der Waals surface area contributed by atoms with Crippen LogP contribution in [0.5, 0.6) is 0 Å². The van der Waals surface area contributed by atoms with Crippen molar-refractivity contribution >= 4 is 0 Å². The van der Waals surface area contributed by atoms with Crippen molar-refractivity contribution in [2.45, 2.75) is 25.1 Å². The van der Waals surface area contributed by atoms with Gasteiger partial charge >= 0.3 is 6.18 Å². The van der Waals surface area contributed by atoms with Gasteiger partial charge in [-0.25, -0.2) is 0 Å². The number of hydrogen-bond donors (Lipinski definition) is 1. The molecule has 1 saturated heterocycles. The van der Waals surface area contributed by atoms with E-state index in [2.05, 4.69) is 5.32 Å². The maximum Gasteiger partial charge on any atom is 0.417 e. The zero-order valence-corrected chi connectivity index (χ0v) is 11.5. The first-order chi connectivity index (χ1) is 10.1. The van der Waals surface area contributed by atoms with Crippen molar-refractivity contribution in [3.8, 4) is 11.1 Å². The van der Waals surface area contributed by atoms with Crippen molar-refractivity contribution < 1.29 is 13.2 Å².